The van der Waals surface area contributed by atoms with Gasteiger partial charge in [0.25, 0.3) is 0 Å². The summed E-state index contributed by atoms with van der Waals surface area (Å²) in [4.78, 5) is 19.0. The zero-order chi connectivity index (χ0) is 19.6. The molecule has 1 saturated carbocycles. The molecular formula is C26H27NO. The Morgan fingerprint density at radius 1 is 0.893 bits per heavy atom. The topological polar surface area (TPSA) is 29.4 Å². The highest BCUT2D eigenvalue weighted by Gasteiger charge is 2.57. The highest BCUT2D eigenvalue weighted by molar-refractivity contribution is 6.24. The Balaban J connectivity index is 1.86. The predicted molar refractivity (Wildman–Crippen MR) is 114 cm³/mol. The molecule has 0 radical (unpaired) electrons. The zero-order valence-corrected chi connectivity index (χ0v) is 16.7. The van der Waals surface area contributed by atoms with Crippen LogP contribution in [0.2, 0.25) is 0 Å². The minimum absolute atomic E-state index is 0.161. The van der Waals surface area contributed by atoms with Crippen LogP contribution in [0.15, 0.2) is 65.7 Å². The van der Waals surface area contributed by atoms with Crippen molar-refractivity contribution in [3.63, 3.8) is 0 Å². The van der Waals surface area contributed by atoms with Crippen LogP contribution >= 0.6 is 0 Å². The van der Waals surface area contributed by atoms with Gasteiger partial charge in [-0.05, 0) is 44.4 Å². The molecule has 0 aromatic heterocycles. The second kappa shape index (κ2) is 7.40. The summed E-state index contributed by atoms with van der Waals surface area (Å²) in [6.45, 7) is 4.02. The molecular weight excluding hydrogens is 342 g/mol. The Morgan fingerprint density at radius 2 is 1.50 bits per heavy atom. The Morgan fingerprint density at radius 3 is 2.14 bits per heavy atom. The molecule has 0 saturated heterocycles. The van der Waals surface area contributed by atoms with Crippen LogP contribution in [0.3, 0.4) is 0 Å². The maximum Gasteiger partial charge on any atom is 0.184 e. The Labute approximate surface area is 168 Å². The second-order valence-electron chi connectivity index (χ2n) is 8.50. The van der Waals surface area contributed by atoms with Crippen LogP contribution in [-0.4, -0.2) is 17.0 Å². The standard InChI is InChI=1S/C26H27NO/c1-25(2)23(21-14-8-4-9-15-21)27-26(24(25)28,22-16-10-5-11-17-22)19-18-20-12-6-3-7-13-20/h3-4,6-9,12-15,22H,5,10-11,16-17H2,1-2H3. The van der Waals surface area contributed by atoms with E-state index in [9.17, 15) is 4.79 Å². The van der Waals surface area contributed by atoms with E-state index in [1.165, 1.54) is 6.42 Å². The van der Waals surface area contributed by atoms with Gasteiger partial charge in [0.1, 0.15) is 0 Å². The molecule has 0 spiro atoms. The highest BCUT2D eigenvalue weighted by atomic mass is 16.1. The third-order valence-corrected chi connectivity index (χ3v) is 6.21. The fraction of sp³-hybridized carbons (Fsp3) is 0.385. The molecule has 2 aromatic carbocycles. The van der Waals surface area contributed by atoms with Crippen LogP contribution in [0, 0.1) is 23.2 Å². The van der Waals surface area contributed by atoms with Crippen molar-refractivity contribution in [1.29, 1.82) is 0 Å². The lowest BCUT2D eigenvalue weighted by molar-refractivity contribution is -0.128. The number of rotatable bonds is 2. The van der Waals surface area contributed by atoms with Gasteiger partial charge in [0.2, 0.25) is 0 Å². The first kappa shape index (κ1) is 18.7. The number of carbonyl (C=O) groups excluding carboxylic acids is 1. The summed E-state index contributed by atoms with van der Waals surface area (Å²) >= 11 is 0. The summed E-state index contributed by atoms with van der Waals surface area (Å²) in [5.41, 5.74) is 1.28. The van der Waals surface area contributed by atoms with E-state index in [0.29, 0.717) is 0 Å². The molecule has 142 valence electrons. The van der Waals surface area contributed by atoms with E-state index in [4.69, 9.17) is 4.99 Å². The van der Waals surface area contributed by atoms with E-state index in [1.54, 1.807) is 0 Å². The maximum atomic E-state index is 13.8. The Kier molecular flexibility index (Phi) is 4.94. The molecule has 1 fully saturated rings. The van der Waals surface area contributed by atoms with Crippen LogP contribution in [0.1, 0.15) is 57.1 Å². The molecule has 1 heterocycles. The van der Waals surface area contributed by atoms with Crippen molar-refractivity contribution >= 4 is 11.5 Å². The molecule has 2 aromatic rings. The minimum Gasteiger partial charge on any atom is -0.295 e. The van der Waals surface area contributed by atoms with Gasteiger partial charge in [0.05, 0.1) is 11.1 Å². The highest BCUT2D eigenvalue weighted by Crippen LogP contribution is 2.46. The fourth-order valence-electron chi connectivity index (χ4n) is 4.65. The van der Waals surface area contributed by atoms with Gasteiger partial charge in [-0.15, -0.1) is 0 Å². The molecule has 2 aliphatic rings. The lowest BCUT2D eigenvalue weighted by Crippen LogP contribution is -2.46. The first-order valence-corrected chi connectivity index (χ1v) is 10.3. The lowest BCUT2D eigenvalue weighted by atomic mass is 9.68. The predicted octanol–water partition coefficient (Wildman–Crippen LogP) is 5.46. The molecule has 1 unspecified atom stereocenters. The molecule has 0 bridgehead atoms. The maximum absolute atomic E-state index is 13.8. The van der Waals surface area contributed by atoms with Gasteiger partial charge in [-0.1, -0.05) is 79.6 Å². The molecule has 2 nitrogen and oxygen atoms in total. The SMILES string of the molecule is CC1(C)C(=O)C(C#Cc2ccccc2)(C2CCCCC2)N=C1c1ccccc1. The molecule has 1 aliphatic carbocycles. The van der Waals surface area contributed by atoms with Gasteiger partial charge in [0.15, 0.2) is 11.3 Å². The number of nitrogens with zero attached hydrogens (tertiary/aromatic N) is 1. The van der Waals surface area contributed by atoms with Gasteiger partial charge >= 0.3 is 0 Å². The average molecular weight is 370 g/mol. The van der Waals surface area contributed by atoms with Crippen molar-refractivity contribution in [1.82, 2.24) is 0 Å². The Hall–Kier alpha value is -2.66. The van der Waals surface area contributed by atoms with Gasteiger partial charge in [-0.3, -0.25) is 9.79 Å². The van der Waals surface area contributed by atoms with Gasteiger partial charge < -0.3 is 0 Å². The summed E-state index contributed by atoms with van der Waals surface area (Å²) in [5, 5.41) is 0. The average Bonchev–Trinajstić information content (AvgIpc) is 2.96. The van der Waals surface area contributed by atoms with Crippen LogP contribution in [0.4, 0.5) is 0 Å². The van der Waals surface area contributed by atoms with Crippen LogP contribution < -0.4 is 0 Å². The summed E-state index contributed by atoms with van der Waals surface area (Å²) in [6.07, 6.45) is 5.60. The van der Waals surface area contributed by atoms with Crippen LogP contribution in [-0.2, 0) is 4.79 Å². The lowest BCUT2D eigenvalue weighted by Gasteiger charge is -2.33. The molecule has 0 N–H and O–H groups in total. The van der Waals surface area contributed by atoms with Crippen LogP contribution in [0.5, 0.6) is 0 Å². The minimum atomic E-state index is -0.926. The molecule has 0 amide bonds. The number of carbonyl (C=O) groups is 1. The summed E-state index contributed by atoms with van der Waals surface area (Å²) in [7, 11) is 0. The molecule has 2 heteroatoms. The van der Waals surface area contributed by atoms with E-state index >= 15 is 0 Å². The van der Waals surface area contributed by atoms with Gasteiger partial charge in [-0.2, -0.15) is 0 Å². The van der Waals surface area contributed by atoms with Crippen molar-refractivity contribution in [3.05, 3.63) is 71.8 Å². The van der Waals surface area contributed by atoms with Crippen molar-refractivity contribution in [3.8, 4) is 11.8 Å². The number of hydrogen-bond acceptors (Lipinski definition) is 2. The smallest absolute Gasteiger partial charge is 0.184 e. The zero-order valence-electron chi connectivity index (χ0n) is 16.7. The van der Waals surface area contributed by atoms with Gasteiger partial charge in [0, 0.05) is 11.5 Å². The van der Waals surface area contributed by atoms with E-state index in [1.807, 2.05) is 62.4 Å². The Bertz CT molecular complexity index is 940. The monoisotopic (exact) mass is 369 g/mol. The quantitative estimate of drug-likeness (QED) is 0.647. The number of hydrogen-bond donors (Lipinski definition) is 0. The molecule has 1 aliphatic heterocycles. The summed E-state index contributed by atoms with van der Waals surface area (Å²) in [6, 6.07) is 20.1. The van der Waals surface area contributed by atoms with E-state index < -0.39 is 11.0 Å². The first-order chi connectivity index (χ1) is 13.5. The van der Waals surface area contributed by atoms with Crippen molar-refractivity contribution in [2.75, 3.05) is 0 Å². The van der Waals surface area contributed by atoms with Crippen molar-refractivity contribution < 1.29 is 4.79 Å². The van der Waals surface area contributed by atoms with E-state index in [2.05, 4.69) is 24.0 Å². The number of aliphatic imine (C=N–C) groups is 1. The molecule has 1 atom stereocenters. The van der Waals surface area contributed by atoms with Crippen molar-refractivity contribution in [2.45, 2.75) is 51.5 Å². The van der Waals surface area contributed by atoms with Crippen molar-refractivity contribution in [2.24, 2.45) is 16.3 Å². The number of ketones is 1. The van der Waals surface area contributed by atoms with Crippen LogP contribution in [0.25, 0.3) is 0 Å². The van der Waals surface area contributed by atoms with E-state index in [0.717, 1.165) is 42.5 Å². The third kappa shape index (κ3) is 3.20. The second-order valence-corrected chi connectivity index (χ2v) is 8.50. The normalized spacial score (nSPS) is 24.4. The number of benzene rings is 2. The fourth-order valence-corrected chi connectivity index (χ4v) is 4.65. The summed E-state index contributed by atoms with van der Waals surface area (Å²) in [5.74, 6) is 7.05. The molecule has 28 heavy (non-hydrogen) atoms. The third-order valence-electron chi connectivity index (χ3n) is 6.21. The first-order valence-electron chi connectivity index (χ1n) is 10.3. The molecule has 4 rings (SSSR count). The largest absolute Gasteiger partial charge is 0.295 e. The number of Topliss-reactive ketones (excluding diaryl/α,β-unsaturated/α-hetero) is 1. The summed E-state index contributed by atoms with van der Waals surface area (Å²) < 4.78 is 0. The van der Waals surface area contributed by atoms with Gasteiger partial charge in [-0.25, -0.2) is 0 Å². The van der Waals surface area contributed by atoms with E-state index in [-0.39, 0.29) is 11.7 Å².